The molecule has 0 radical (unpaired) electrons. The molecule has 3 aliphatic carbocycles. The molecule has 4 rings (SSSR count). The van der Waals surface area contributed by atoms with Crippen LogP contribution in [0.4, 0.5) is 39.5 Å². The first-order valence-electron chi connectivity index (χ1n) is 16.5. The van der Waals surface area contributed by atoms with Gasteiger partial charge in [-0.2, -0.15) is 51.3 Å². The monoisotopic (exact) mass is 719 g/mol. The standard InChI is InChI=1S/C34H46F9NO3S/c1-20-27(46)19-26-28-23(11-12-30(20,26)2)22-10-9-21(45)18-25(22)29(47)24(28)8-5-4-6-14-44(3)15-7-16-48-17-13-31(35,36)32(37,38)33(39,40)34(41,42)43/h9-10,18,23-24,26-29,45-47H,1,4-8,11-17,19H2,2-3H3/t23?,24?,26?,27-,28?,29+,30-/m1/s1. The van der Waals surface area contributed by atoms with Gasteiger partial charge in [0.25, 0.3) is 0 Å². The number of aromatic hydroxyl groups is 1. The third-order valence-electron chi connectivity index (χ3n) is 11.2. The van der Waals surface area contributed by atoms with E-state index in [1.807, 2.05) is 18.0 Å². The third kappa shape index (κ3) is 7.37. The number of aliphatic hydroxyl groups excluding tert-OH is 2. The topological polar surface area (TPSA) is 63.9 Å². The Labute approximate surface area is 280 Å². The van der Waals surface area contributed by atoms with Crippen molar-refractivity contribution in [1.29, 1.82) is 0 Å². The second-order valence-electron chi connectivity index (χ2n) is 14.2. The summed E-state index contributed by atoms with van der Waals surface area (Å²) in [6.07, 6.45) is -3.67. The molecule has 4 nitrogen and oxygen atoms in total. The summed E-state index contributed by atoms with van der Waals surface area (Å²) in [6.45, 7) is 7.68. The average molecular weight is 720 g/mol. The molecule has 7 atom stereocenters. The number of fused-ring (bicyclic) bond motifs is 5. The van der Waals surface area contributed by atoms with E-state index in [9.17, 15) is 54.8 Å². The highest BCUT2D eigenvalue weighted by Crippen LogP contribution is 2.65. The van der Waals surface area contributed by atoms with Crippen molar-refractivity contribution < 1.29 is 54.8 Å². The minimum Gasteiger partial charge on any atom is -0.508 e. The van der Waals surface area contributed by atoms with Gasteiger partial charge in [-0.1, -0.05) is 32.4 Å². The predicted octanol–water partition coefficient (Wildman–Crippen LogP) is 8.97. The first-order valence-corrected chi connectivity index (χ1v) is 17.7. The molecule has 4 unspecified atom stereocenters. The lowest BCUT2D eigenvalue weighted by atomic mass is 9.51. The molecule has 14 heteroatoms. The molecule has 0 heterocycles. The maximum absolute atomic E-state index is 13.7. The number of hydrogen-bond donors (Lipinski definition) is 3. The third-order valence-corrected chi connectivity index (χ3v) is 12.3. The first-order chi connectivity index (χ1) is 22.2. The molecule has 0 aromatic heterocycles. The van der Waals surface area contributed by atoms with Crippen LogP contribution in [0.3, 0.4) is 0 Å². The highest BCUT2D eigenvalue weighted by Gasteiger charge is 2.81. The summed E-state index contributed by atoms with van der Waals surface area (Å²) in [7, 11) is 1.86. The molecule has 2 saturated carbocycles. The molecule has 3 N–H and O–H groups in total. The lowest BCUT2D eigenvalue weighted by molar-refractivity contribution is -0.396. The van der Waals surface area contributed by atoms with Crippen molar-refractivity contribution in [2.24, 2.45) is 23.2 Å². The van der Waals surface area contributed by atoms with Crippen LogP contribution in [-0.4, -0.2) is 81.9 Å². The Balaban J connectivity index is 1.21. The van der Waals surface area contributed by atoms with Gasteiger partial charge in [0.05, 0.1) is 12.2 Å². The molecule has 1 aromatic carbocycles. The van der Waals surface area contributed by atoms with E-state index in [0.717, 1.165) is 67.0 Å². The van der Waals surface area contributed by atoms with Crippen LogP contribution in [0.15, 0.2) is 30.4 Å². The quantitative estimate of drug-likeness (QED) is 0.0960. The van der Waals surface area contributed by atoms with E-state index in [0.29, 0.717) is 25.9 Å². The Bertz CT molecular complexity index is 1280. The van der Waals surface area contributed by atoms with Gasteiger partial charge in [-0.05, 0) is 128 Å². The van der Waals surface area contributed by atoms with Crippen molar-refractivity contribution >= 4 is 11.8 Å². The number of thioether (sulfide) groups is 1. The van der Waals surface area contributed by atoms with Crippen LogP contribution in [0.5, 0.6) is 5.75 Å². The molecule has 0 bridgehead atoms. The molecule has 0 saturated heterocycles. The highest BCUT2D eigenvalue weighted by atomic mass is 32.2. The summed E-state index contributed by atoms with van der Waals surface area (Å²) in [5.41, 5.74) is 2.53. The van der Waals surface area contributed by atoms with Gasteiger partial charge in [0, 0.05) is 6.42 Å². The SMILES string of the molecule is C=C1[C@H](O)CC2C3C(CC[C@]12C)c1ccc(O)cc1[C@@H](O)C3CCCCCN(C)CCCSCCC(F)(F)C(F)(F)C(F)(F)C(F)(F)F. The van der Waals surface area contributed by atoms with Crippen molar-refractivity contribution in [2.45, 2.75) is 107 Å². The molecule has 274 valence electrons. The maximum atomic E-state index is 13.7. The van der Waals surface area contributed by atoms with Gasteiger partial charge in [-0.25, -0.2) is 0 Å². The molecule has 0 amide bonds. The molecule has 1 aromatic rings. The smallest absolute Gasteiger partial charge is 0.460 e. The van der Waals surface area contributed by atoms with Crippen molar-refractivity contribution in [3.8, 4) is 5.75 Å². The molecule has 3 aliphatic rings. The number of aliphatic hydroxyl groups is 2. The number of phenols is 1. The Morgan fingerprint density at radius 3 is 2.25 bits per heavy atom. The minimum absolute atomic E-state index is 0.0474. The van der Waals surface area contributed by atoms with Gasteiger partial charge in [-0.15, -0.1) is 0 Å². The van der Waals surface area contributed by atoms with Crippen LogP contribution in [0.25, 0.3) is 0 Å². The fourth-order valence-corrected chi connectivity index (χ4v) is 9.32. The number of unbranched alkanes of at least 4 members (excludes halogenated alkanes) is 2. The molecular formula is C34H46F9NO3S. The van der Waals surface area contributed by atoms with E-state index >= 15 is 0 Å². The summed E-state index contributed by atoms with van der Waals surface area (Å²) in [5, 5.41) is 32.6. The fourth-order valence-electron chi connectivity index (χ4n) is 8.38. The van der Waals surface area contributed by atoms with Gasteiger partial charge in [0.1, 0.15) is 5.75 Å². The molecule has 48 heavy (non-hydrogen) atoms. The fraction of sp³-hybridized carbons (Fsp3) is 0.765. The Morgan fingerprint density at radius 2 is 1.58 bits per heavy atom. The van der Waals surface area contributed by atoms with Gasteiger partial charge in [0.15, 0.2) is 0 Å². The zero-order chi connectivity index (χ0) is 35.9. The van der Waals surface area contributed by atoms with Crippen molar-refractivity contribution in [1.82, 2.24) is 4.90 Å². The van der Waals surface area contributed by atoms with Crippen LogP contribution in [-0.2, 0) is 0 Å². The normalized spacial score (nSPS) is 29.6. The van der Waals surface area contributed by atoms with Crippen molar-refractivity contribution in [3.05, 3.63) is 41.5 Å². The minimum atomic E-state index is -6.85. The van der Waals surface area contributed by atoms with Gasteiger partial charge < -0.3 is 20.2 Å². The second-order valence-corrected chi connectivity index (χ2v) is 15.4. The van der Waals surface area contributed by atoms with E-state index in [2.05, 4.69) is 13.5 Å². The van der Waals surface area contributed by atoms with Crippen molar-refractivity contribution in [3.63, 3.8) is 0 Å². The van der Waals surface area contributed by atoms with E-state index in [1.165, 1.54) is 0 Å². The maximum Gasteiger partial charge on any atom is 0.460 e. The van der Waals surface area contributed by atoms with E-state index < -0.39 is 48.3 Å². The molecule has 0 spiro atoms. The Kier molecular flexibility index (Phi) is 11.9. The van der Waals surface area contributed by atoms with Crippen LogP contribution in [0.2, 0.25) is 0 Å². The molecule has 2 fully saturated rings. The van der Waals surface area contributed by atoms with E-state index in [-0.39, 0.29) is 40.6 Å². The number of benzene rings is 1. The van der Waals surface area contributed by atoms with Crippen LogP contribution in [0.1, 0.15) is 87.9 Å². The summed E-state index contributed by atoms with van der Waals surface area (Å²) in [5.74, 6) is -18.8. The lowest BCUT2D eigenvalue weighted by Crippen LogP contribution is -2.60. The van der Waals surface area contributed by atoms with Crippen molar-refractivity contribution in [2.75, 3.05) is 31.6 Å². The summed E-state index contributed by atoms with van der Waals surface area (Å²) < 4.78 is 117. The highest BCUT2D eigenvalue weighted by molar-refractivity contribution is 7.99. The van der Waals surface area contributed by atoms with Crippen LogP contribution >= 0.6 is 11.8 Å². The largest absolute Gasteiger partial charge is 0.508 e. The summed E-state index contributed by atoms with van der Waals surface area (Å²) in [6, 6.07) is 5.26. The van der Waals surface area contributed by atoms with Gasteiger partial charge in [0.2, 0.25) is 0 Å². The first kappa shape index (κ1) is 39.2. The van der Waals surface area contributed by atoms with E-state index in [4.69, 9.17) is 0 Å². The number of halogens is 9. The van der Waals surface area contributed by atoms with Gasteiger partial charge >= 0.3 is 23.9 Å². The zero-order valence-corrected chi connectivity index (χ0v) is 28.0. The Morgan fingerprint density at radius 1 is 0.917 bits per heavy atom. The number of alkyl halides is 9. The number of rotatable bonds is 15. The molecule has 0 aliphatic heterocycles. The number of phenolic OH excluding ortho intramolecular Hbond substituents is 1. The Hall–Kier alpha value is -1.64. The summed E-state index contributed by atoms with van der Waals surface area (Å²) >= 11 is 0.789. The lowest BCUT2D eigenvalue weighted by Gasteiger charge is -2.53. The predicted molar refractivity (Wildman–Crippen MR) is 167 cm³/mol. The number of hydrogen-bond acceptors (Lipinski definition) is 5. The van der Waals surface area contributed by atoms with Gasteiger partial charge in [-0.3, -0.25) is 0 Å². The average Bonchev–Trinajstić information content (AvgIpc) is 3.23. The summed E-state index contributed by atoms with van der Waals surface area (Å²) in [4.78, 5) is 2.01. The molecular weight excluding hydrogens is 673 g/mol. The second kappa shape index (κ2) is 14.5. The van der Waals surface area contributed by atoms with Crippen LogP contribution in [0, 0.1) is 23.2 Å². The van der Waals surface area contributed by atoms with E-state index in [1.54, 1.807) is 12.1 Å². The zero-order valence-electron chi connectivity index (χ0n) is 27.2. The van der Waals surface area contributed by atoms with Crippen LogP contribution < -0.4 is 0 Å². The number of nitrogens with zero attached hydrogens (tertiary/aromatic N) is 1.